The minimum atomic E-state index is -1.80. The third-order valence-corrected chi connectivity index (χ3v) is 8.88. The first kappa shape index (κ1) is 15.2. The van der Waals surface area contributed by atoms with Crippen LogP contribution < -0.4 is 0 Å². The lowest BCUT2D eigenvalue weighted by Crippen LogP contribution is -2.47. The van der Waals surface area contributed by atoms with E-state index >= 15 is 0 Å². The van der Waals surface area contributed by atoms with Gasteiger partial charge in [0.05, 0.1) is 6.10 Å². The smallest absolute Gasteiger partial charge is 0.306 e. The van der Waals surface area contributed by atoms with Crippen molar-refractivity contribution in [1.29, 1.82) is 0 Å². The molecule has 0 aromatic heterocycles. The summed E-state index contributed by atoms with van der Waals surface area (Å²) in [5, 5.41) is 0.896. The second-order valence-corrected chi connectivity index (χ2v) is 11.5. The van der Waals surface area contributed by atoms with E-state index in [2.05, 4.69) is 49.8 Å². The minimum Gasteiger partial charge on any atom is -0.460 e. The summed E-state index contributed by atoms with van der Waals surface area (Å²) in [6.45, 7) is 11.1. The molecule has 0 N–H and O–H groups in total. The molecule has 0 unspecified atom stereocenters. The van der Waals surface area contributed by atoms with Crippen LogP contribution in [0, 0.1) is 0 Å². The number of carbonyl (C=O) groups excluding carboxylic acids is 1. The third kappa shape index (κ3) is 3.79. The Morgan fingerprint density at radius 2 is 2.12 bits per heavy atom. The van der Waals surface area contributed by atoms with Gasteiger partial charge in [0.15, 0.2) is 8.32 Å². The average Bonchev–Trinajstić information content (AvgIpc) is 2.59. The summed E-state index contributed by atoms with van der Waals surface area (Å²) in [7, 11) is -1.80. The highest BCUT2D eigenvalue weighted by Gasteiger charge is 2.42. The quantitative estimate of drug-likeness (QED) is 0.451. The summed E-state index contributed by atoms with van der Waals surface area (Å²) in [5.74, 6) is -0.0974. The Bertz CT molecular complexity index is 286. The topological polar surface area (TPSA) is 35.5 Å². The molecule has 17 heavy (non-hydrogen) atoms. The van der Waals surface area contributed by atoms with Crippen LogP contribution in [-0.2, 0) is 14.0 Å². The Morgan fingerprint density at radius 3 is 2.47 bits per heavy atom. The van der Waals surface area contributed by atoms with E-state index in [4.69, 9.17) is 9.16 Å². The van der Waals surface area contributed by atoms with Crippen LogP contribution >= 0.6 is 15.9 Å². The van der Waals surface area contributed by atoms with Gasteiger partial charge in [-0.2, -0.15) is 0 Å². The largest absolute Gasteiger partial charge is 0.460 e. The third-order valence-electron chi connectivity index (χ3n) is 3.73. The number of cyclic esters (lactones) is 1. The number of hydrogen-bond acceptors (Lipinski definition) is 3. The number of hydrogen-bond donors (Lipinski definition) is 0. The van der Waals surface area contributed by atoms with E-state index in [0.29, 0.717) is 6.42 Å². The highest BCUT2D eigenvalue weighted by atomic mass is 79.9. The van der Waals surface area contributed by atoms with Crippen molar-refractivity contribution in [3.63, 3.8) is 0 Å². The maximum Gasteiger partial charge on any atom is 0.306 e. The van der Waals surface area contributed by atoms with Crippen molar-refractivity contribution in [3.05, 3.63) is 0 Å². The SMILES string of the molecule is CC(C)(C)[Si](C)(C)O[C@@H](CBr)[C@@H]1CCC(=O)O1. The zero-order valence-electron chi connectivity index (χ0n) is 11.4. The van der Waals surface area contributed by atoms with E-state index < -0.39 is 8.32 Å². The van der Waals surface area contributed by atoms with Gasteiger partial charge in [0.1, 0.15) is 6.10 Å². The fourth-order valence-electron chi connectivity index (χ4n) is 1.57. The number of alkyl halides is 1. The zero-order valence-corrected chi connectivity index (χ0v) is 14.0. The first-order valence-electron chi connectivity index (χ1n) is 6.10. The van der Waals surface area contributed by atoms with Gasteiger partial charge in [0, 0.05) is 11.8 Å². The van der Waals surface area contributed by atoms with Gasteiger partial charge in [-0.1, -0.05) is 36.7 Å². The second-order valence-electron chi connectivity index (χ2n) is 6.14. The van der Waals surface area contributed by atoms with Crippen molar-refractivity contribution in [2.45, 2.75) is 64.0 Å². The summed E-state index contributed by atoms with van der Waals surface area (Å²) in [5.41, 5.74) is 0. The zero-order chi connectivity index (χ0) is 13.3. The Labute approximate surface area is 114 Å². The van der Waals surface area contributed by atoms with Crippen LogP contribution in [0.2, 0.25) is 18.1 Å². The molecule has 0 aromatic carbocycles. The van der Waals surface area contributed by atoms with E-state index in [-0.39, 0.29) is 23.2 Å². The van der Waals surface area contributed by atoms with Gasteiger partial charge in [-0.3, -0.25) is 4.79 Å². The summed E-state index contributed by atoms with van der Waals surface area (Å²) in [6, 6.07) is 0. The van der Waals surface area contributed by atoms with Gasteiger partial charge in [0.25, 0.3) is 0 Å². The monoisotopic (exact) mass is 322 g/mol. The van der Waals surface area contributed by atoms with E-state index in [0.717, 1.165) is 11.8 Å². The van der Waals surface area contributed by atoms with Crippen LogP contribution in [0.3, 0.4) is 0 Å². The molecule has 0 aromatic rings. The molecule has 5 heteroatoms. The number of halogens is 1. The molecule has 0 bridgehead atoms. The lowest BCUT2D eigenvalue weighted by Gasteiger charge is -2.40. The van der Waals surface area contributed by atoms with E-state index in [9.17, 15) is 4.79 Å². The van der Waals surface area contributed by atoms with Crippen LogP contribution in [-0.4, -0.2) is 31.8 Å². The van der Waals surface area contributed by atoms with Crippen LogP contribution in [0.5, 0.6) is 0 Å². The normalized spacial score (nSPS) is 23.6. The Kier molecular flexibility index (Phi) is 4.83. The van der Waals surface area contributed by atoms with E-state index in [1.807, 2.05) is 0 Å². The van der Waals surface area contributed by atoms with Crippen LogP contribution in [0.25, 0.3) is 0 Å². The van der Waals surface area contributed by atoms with Crippen LogP contribution in [0.4, 0.5) is 0 Å². The molecule has 2 atom stereocenters. The van der Waals surface area contributed by atoms with Crippen molar-refractivity contribution >= 4 is 30.2 Å². The molecular weight excluding hydrogens is 300 g/mol. The fourth-order valence-corrected chi connectivity index (χ4v) is 3.71. The van der Waals surface area contributed by atoms with Gasteiger partial charge in [-0.25, -0.2) is 0 Å². The molecule has 1 aliphatic heterocycles. The fraction of sp³-hybridized carbons (Fsp3) is 0.917. The van der Waals surface area contributed by atoms with Crippen molar-refractivity contribution in [1.82, 2.24) is 0 Å². The van der Waals surface area contributed by atoms with Gasteiger partial charge in [0.2, 0.25) is 0 Å². The molecule has 0 aliphatic carbocycles. The number of rotatable bonds is 4. The molecule has 0 amide bonds. The second kappa shape index (κ2) is 5.41. The Morgan fingerprint density at radius 1 is 1.53 bits per heavy atom. The van der Waals surface area contributed by atoms with Crippen LogP contribution in [0.1, 0.15) is 33.6 Å². The summed E-state index contributed by atoms with van der Waals surface area (Å²) in [6.07, 6.45) is 1.22. The van der Waals surface area contributed by atoms with Gasteiger partial charge in [-0.15, -0.1) is 0 Å². The van der Waals surface area contributed by atoms with Crippen molar-refractivity contribution < 1.29 is 14.0 Å². The predicted molar refractivity (Wildman–Crippen MR) is 75.0 cm³/mol. The van der Waals surface area contributed by atoms with Crippen molar-refractivity contribution in [2.24, 2.45) is 0 Å². The Hall–Kier alpha value is 0.127. The first-order valence-corrected chi connectivity index (χ1v) is 10.1. The summed E-state index contributed by atoms with van der Waals surface area (Å²) >= 11 is 3.47. The van der Waals surface area contributed by atoms with E-state index in [1.165, 1.54) is 0 Å². The lowest BCUT2D eigenvalue weighted by atomic mass is 10.2. The van der Waals surface area contributed by atoms with Crippen LogP contribution in [0.15, 0.2) is 0 Å². The molecule has 0 radical (unpaired) electrons. The molecule has 1 saturated heterocycles. The molecule has 1 rings (SSSR count). The average molecular weight is 323 g/mol. The highest BCUT2D eigenvalue weighted by Crippen LogP contribution is 2.38. The molecule has 1 aliphatic rings. The molecular formula is C12H23BrO3Si. The number of esters is 1. The van der Waals surface area contributed by atoms with Crippen molar-refractivity contribution in [2.75, 3.05) is 5.33 Å². The van der Waals surface area contributed by atoms with Gasteiger partial charge < -0.3 is 9.16 Å². The maximum atomic E-state index is 11.2. The van der Waals surface area contributed by atoms with Gasteiger partial charge in [-0.05, 0) is 24.6 Å². The molecule has 3 nitrogen and oxygen atoms in total. The lowest BCUT2D eigenvalue weighted by molar-refractivity contribution is -0.144. The molecule has 0 saturated carbocycles. The maximum absolute atomic E-state index is 11.2. The standard InChI is InChI=1S/C12H23BrO3Si/c1-12(2,3)17(4,5)16-10(8-13)9-6-7-11(14)15-9/h9-10H,6-8H2,1-5H3/t9-,10-/m0/s1. The highest BCUT2D eigenvalue weighted by molar-refractivity contribution is 9.09. The summed E-state index contributed by atoms with van der Waals surface area (Å²) < 4.78 is 11.6. The molecule has 1 heterocycles. The van der Waals surface area contributed by atoms with Gasteiger partial charge >= 0.3 is 5.97 Å². The number of carbonyl (C=O) groups is 1. The Balaban J connectivity index is 2.67. The summed E-state index contributed by atoms with van der Waals surface area (Å²) in [4.78, 5) is 11.2. The number of ether oxygens (including phenoxy) is 1. The predicted octanol–water partition coefficient (Wildman–Crippen LogP) is 3.48. The first-order chi connectivity index (χ1) is 7.67. The van der Waals surface area contributed by atoms with Crippen molar-refractivity contribution in [3.8, 4) is 0 Å². The molecule has 1 fully saturated rings. The minimum absolute atomic E-state index is 0.0117. The van der Waals surface area contributed by atoms with E-state index in [1.54, 1.807) is 0 Å². The molecule has 0 spiro atoms. The molecule has 100 valence electrons.